The molecule has 1 aromatic heterocycles. The lowest BCUT2D eigenvalue weighted by atomic mass is 9.95. The number of ether oxygens (including phenoxy) is 1. The molecule has 0 aliphatic carbocycles. The van der Waals surface area contributed by atoms with Crippen molar-refractivity contribution in [3.05, 3.63) is 35.4 Å². The van der Waals surface area contributed by atoms with Crippen molar-refractivity contribution < 1.29 is 9.15 Å². The van der Waals surface area contributed by atoms with Crippen molar-refractivity contribution in [2.45, 2.75) is 33.2 Å². The number of hydrogen-bond donors (Lipinski definition) is 1. The monoisotopic (exact) mass is 260 g/mol. The number of oxazole rings is 1. The Morgan fingerprint density at radius 3 is 2.63 bits per heavy atom. The average molecular weight is 260 g/mol. The molecule has 0 aliphatic heterocycles. The van der Waals surface area contributed by atoms with Crippen LogP contribution >= 0.6 is 0 Å². The molecule has 0 saturated heterocycles. The minimum atomic E-state index is 0.312. The van der Waals surface area contributed by atoms with Crippen LogP contribution in [0.15, 0.2) is 22.8 Å². The zero-order valence-corrected chi connectivity index (χ0v) is 11.9. The number of rotatable bonds is 4. The van der Waals surface area contributed by atoms with Gasteiger partial charge in [0, 0.05) is 5.56 Å². The first kappa shape index (κ1) is 13.6. The van der Waals surface area contributed by atoms with Crippen LogP contribution in [-0.2, 0) is 6.54 Å². The Labute approximate surface area is 113 Å². The lowest BCUT2D eigenvalue weighted by Gasteiger charge is -2.15. The molecular weight excluding hydrogens is 240 g/mol. The van der Waals surface area contributed by atoms with E-state index in [0.29, 0.717) is 18.4 Å². The Morgan fingerprint density at radius 1 is 1.37 bits per heavy atom. The lowest BCUT2D eigenvalue weighted by molar-refractivity contribution is 0.407. The van der Waals surface area contributed by atoms with E-state index in [-0.39, 0.29) is 0 Å². The second kappa shape index (κ2) is 5.45. The van der Waals surface area contributed by atoms with Crippen LogP contribution in [0.1, 0.15) is 36.8 Å². The van der Waals surface area contributed by atoms with Crippen molar-refractivity contribution >= 4 is 0 Å². The predicted molar refractivity (Wildman–Crippen MR) is 75.2 cm³/mol. The molecule has 0 amide bonds. The molecule has 0 atom stereocenters. The van der Waals surface area contributed by atoms with Crippen molar-refractivity contribution in [1.29, 1.82) is 0 Å². The maximum absolute atomic E-state index is 5.53. The molecule has 0 radical (unpaired) electrons. The molecule has 2 aromatic rings. The molecule has 102 valence electrons. The van der Waals surface area contributed by atoms with Crippen molar-refractivity contribution in [3.8, 4) is 17.0 Å². The lowest BCUT2D eigenvalue weighted by Crippen LogP contribution is -1.98. The molecule has 0 bridgehead atoms. The summed E-state index contributed by atoms with van der Waals surface area (Å²) in [4.78, 5) is 4.38. The summed E-state index contributed by atoms with van der Waals surface area (Å²) in [7, 11) is 1.70. The van der Waals surface area contributed by atoms with Gasteiger partial charge in [-0.1, -0.05) is 13.8 Å². The minimum absolute atomic E-state index is 0.312. The van der Waals surface area contributed by atoms with Gasteiger partial charge in [-0.2, -0.15) is 0 Å². The van der Waals surface area contributed by atoms with Gasteiger partial charge in [0.05, 0.1) is 13.7 Å². The van der Waals surface area contributed by atoms with Gasteiger partial charge >= 0.3 is 0 Å². The molecule has 2 N–H and O–H groups in total. The first-order chi connectivity index (χ1) is 9.06. The molecule has 19 heavy (non-hydrogen) atoms. The highest BCUT2D eigenvalue weighted by molar-refractivity contribution is 5.66. The van der Waals surface area contributed by atoms with Crippen LogP contribution in [0.4, 0.5) is 0 Å². The number of nitrogens with zero attached hydrogens (tertiary/aromatic N) is 1. The molecular formula is C15H20N2O2. The summed E-state index contributed by atoms with van der Waals surface area (Å²) in [6.07, 6.45) is 1.65. The number of benzene rings is 1. The van der Waals surface area contributed by atoms with Crippen molar-refractivity contribution in [2.75, 3.05) is 7.11 Å². The van der Waals surface area contributed by atoms with Crippen LogP contribution in [0.25, 0.3) is 11.3 Å². The SMILES string of the molecule is COc1cc(C)c(-c2coc(CN)n2)cc1C(C)C. The second-order valence-corrected chi connectivity index (χ2v) is 4.89. The van der Waals surface area contributed by atoms with Gasteiger partial charge in [-0.3, -0.25) is 0 Å². The van der Waals surface area contributed by atoms with E-state index in [0.717, 1.165) is 22.6 Å². The molecule has 2 rings (SSSR count). The fourth-order valence-corrected chi connectivity index (χ4v) is 2.13. The maximum atomic E-state index is 5.53. The molecule has 0 fully saturated rings. The third-order valence-corrected chi connectivity index (χ3v) is 3.20. The van der Waals surface area contributed by atoms with E-state index in [1.165, 1.54) is 5.56 Å². The Balaban J connectivity index is 2.54. The quantitative estimate of drug-likeness (QED) is 0.916. The molecule has 0 spiro atoms. The fourth-order valence-electron chi connectivity index (χ4n) is 2.13. The van der Waals surface area contributed by atoms with E-state index in [4.69, 9.17) is 14.9 Å². The van der Waals surface area contributed by atoms with Crippen molar-refractivity contribution in [3.63, 3.8) is 0 Å². The van der Waals surface area contributed by atoms with Crippen LogP contribution in [-0.4, -0.2) is 12.1 Å². The van der Waals surface area contributed by atoms with Crippen LogP contribution in [0.3, 0.4) is 0 Å². The van der Waals surface area contributed by atoms with Crippen LogP contribution in [0, 0.1) is 6.92 Å². The largest absolute Gasteiger partial charge is 0.496 e. The Morgan fingerprint density at radius 2 is 2.11 bits per heavy atom. The van der Waals surface area contributed by atoms with Gasteiger partial charge in [0.1, 0.15) is 17.7 Å². The summed E-state index contributed by atoms with van der Waals surface area (Å²) in [5.41, 5.74) is 9.69. The smallest absolute Gasteiger partial charge is 0.208 e. The third-order valence-electron chi connectivity index (χ3n) is 3.20. The normalized spacial score (nSPS) is 11.1. The number of aromatic nitrogens is 1. The van der Waals surface area contributed by atoms with Gasteiger partial charge in [0.2, 0.25) is 5.89 Å². The highest BCUT2D eigenvalue weighted by Gasteiger charge is 2.14. The molecule has 4 heteroatoms. The van der Waals surface area contributed by atoms with Gasteiger partial charge in [-0.25, -0.2) is 4.98 Å². The van der Waals surface area contributed by atoms with Crippen LogP contribution in [0.5, 0.6) is 5.75 Å². The van der Waals surface area contributed by atoms with E-state index in [1.54, 1.807) is 13.4 Å². The highest BCUT2D eigenvalue weighted by Crippen LogP contribution is 2.34. The summed E-state index contributed by atoms with van der Waals surface area (Å²) >= 11 is 0. The highest BCUT2D eigenvalue weighted by atomic mass is 16.5. The molecule has 0 aliphatic rings. The standard InChI is InChI=1S/C15H20N2O2/c1-9(2)11-6-12(10(3)5-14(11)18-4)13-8-19-15(7-16)17-13/h5-6,8-9H,7,16H2,1-4H3. The van der Waals surface area contributed by atoms with Gasteiger partial charge in [-0.15, -0.1) is 0 Å². The van der Waals surface area contributed by atoms with Crippen LogP contribution < -0.4 is 10.5 Å². The topological polar surface area (TPSA) is 61.3 Å². The molecule has 0 saturated carbocycles. The van der Waals surface area contributed by atoms with E-state index in [9.17, 15) is 0 Å². The number of hydrogen-bond acceptors (Lipinski definition) is 4. The summed E-state index contributed by atoms with van der Waals surface area (Å²) in [6, 6.07) is 4.17. The summed E-state index contributed by atoms with van der Waals surface area (Å²) in [5.74, 6) is 1.85. The maximum Gasteiger partial charge on any atom is 0.208 e. The number of aryl methyl sites for hydroxylation is 1. The Kier molecular flexibility index (Phi) is 3.90. The first-order valence-corrected chi connectivity index (χ1v) is 6.40. The molecule has 1 aromatic carbocycles. The third kappa shape index (κ3) is 2.63. The Bertz CT molecular complexity index is 574. The average Bonchev–Trinajstić information content (AvgIpc) is 2.86. The van der Waals surface area contributed by atoms with Gasteiger partial charge in [0.15, 0.2) is 0 Å². The predicted octanol–water partition coefficient (Wildman–Crippen LogP) is 3.24. The summed E-state index contributed by atoms with van der Waals surface area (Å²) in [6.45, 7) is 6.64. The van der Waals surface area contributed by atoms with E-state index >= 15 is 0 Å². The molecule has 1 heterocycles. The first-order valence-electron chi connectivity index (χ1n) is 6.40. The Hall–Kier alpha value is -1.81. The van der Waals surface area contributed by atoms with Gasteiger partial charge < -0.3 is 14.9 Å². The molecule has 0 unspecified atom stereocenters. The van der Waals surface area contributed by atoms with Crippen molar-refractivity contribution in [1.82, 2.24) is 4.98 Å². The van der Waals surface area contributed by atoms with E-state index in [2.05, 4.69) is 24.9 Å². The summed E-state index contributed by atoms with van der Waals surface area (Å²) in [5, 5.41) is 0. The second-order valence-electron chi connectivity index (χ2n) is 4.89. The van der Waals surface area contributed by atoms with Gasteiger partial charge in [-0.05, 0) is 36.1 Å². The van der Waals surface area contributed by atoms with Gasteiger partial charge in [0.25, 0.3) is 0 Å². The molecule has 4 nitrogen and oxygen atoms in total. The number of nitrogens with two attached hydrogens (primary N) is 1. The minimum Gasteiger partial charge on any atom is -0.496 e. The zero-order chi connectivity index (χ0) is 14.0. The van der Waals surface area contributed by atoms with E-state index < -0.39 is 0 Å². The fraction of sp³-hybridized carbons (Fsp3) is 0.400. The summed E-state index contributed by atoms with van der Waals surface area (Å²) < 4.78 is 10.8. The zero-order valence-electron chi connectivity index (χ0n) is 11.9. The van der Waals surface area contributed by atoms with Crippen LogP contribution in [0.2, 0.25) is 0 Å². The van der Waals surface area contributed by atoms with E-state index in [1.807, 2.05) is 13.0 Å². The van der Waals surface area contributed by atoms with Crippen molar-refractivity contribution in [2.24, 2.45) is 5.73 Å². The number of methoxy groups -OCH3 is 1.